The van der Waals surface area contributed by atoms with Crippen LogP contribution in [0.1, 0.15) is 12.5 Å². The van der Waals surface area contributed by atoms with Crippen molar-refractivity contribution in [2.75, 3.05) is 7.11 Å². The smallest absolute Gasteiger partial charge is 0.141 e. The molecule has 0 amide bonds. The minimum atomic E-state index is 0.894. The molecule has 0 saturated carbocycles. The fourth-order valence-electron chi connectivity index (χ4n) is 1.47. The molecule has 14 heavy (non-hydrogen) atoms. The molecule has 3 nitrogen and oxygen atoms in total. The predicted octanol–water partition coefficient (Wildman–Crippen LogP) is 2.67. The molecule has 0 N–H and O–H groups in total. The van der Waals surface area contributed by atoms with E-state index in [1.807, 2.05) is 16.7 Å². The van der Waals surface area contributed by atoms with Crippen LogP contribution in [0.2, 0.25) is 0 Å². The van der Waals surface area contributed by atoms with E-state index in [-0.39, 0.29) is 0 Å². The number of hydrogen-bond acceptors (Lipinski definition) is 2. The predicted molar refractivity (Wildman–Crippen MR) is 58.8 cm³/mol. The van der Waals surface area contributed by atoms with Gasteiger partial charge in [0.05, 0.1) is 13.3 Å². The summed E-state index contributed by atoms with van der Waals surface area (Å²) in [5.41, 5.74) is 2.07. The summed E-state index contributed by atoms with van der Waals surface area (Å²) in [6.07, 6.45) is 4.78. The van der Waals surface area contributed by atoms with E-state index in [9.17, 15) is 0 Å². The van der Waals surface area contributed by atoms with Crippen LogP contribution in [-0.2, 0) is 6.42 Å². The molecule has 0 aliphatic heterocycles. The van der Waals surface area contributed by atoms with Gasteiger partial charge in [-0.1, -0.05) is 6.92 Å². The molecule has 0 spiro atoms. The zero-order valence-electron chi connectivity index (χ0n) is 8.12. The third-order valence-electron chi connectivity index (χ3n) is 2.24. The van der Waals surface area contributed by atoms with Gasteiger partial charge in [-0.2, -0.15) is 0 Å². The van der Waals surface area contributed by atoms with Crippen LogP contribution in [0.5, 0.6) is 5.75 Å². The quantitative estimate of drug-likeness (QED) is 0.824. The van der Waals surface area contributed by atoms with Gasteiger partial charge >= 0.3 is 0 Å². The van der Waals surface area contributed by atoms with Crippen molar-refractivity contribution in [3.63, 3.8) is 0 Å². The third-order valence-corrected chi connectivity index (χ3v) is 2.83. The van der Waals surface area contributed by atoms with Crippen molar-refractivity contribution in [1.29, 1.82) is 0 Å². The summed E-state index contributed by atoms with van der Waals surface area (Å²) in [7, 11) is 1.68. The van der Waals surface area contributed by atoms with Gasteiger partial charge in [0.15, 0.2) is 0 Å². The van der Waals surface area contributed by atoms with Gasteiger partial charge < -0.3 is 4.74 Å². The topological polar surface area (TPSA) is 26.5 Å². The number of halogens is 1. The maximum atomic E-state index is 5.28. The number of pyridine rings is 1. The van der Waals surface area contributed by atoms with Crippen LogP contribution in [0, 0.1) is 0 Å². The highest BCUT2D eigenvalue weighted by Gasteiger charge is 2.06. The molecule has 2 rings (SSSR count). The van der Waals surface area contributed by atoms with Gasteiger partial charge in [-0.25, -0.2) is 4.98 Å². The lowest BCUT2D eigenvalue weighted by Crippen LogP contribution is -1.95. The number of ether oxygens (including phenoxy) is 1. The minimum Gasteiger partial charge on any atom is -0.496 e. The number of nitrogens with zero attached hydrogens (tertiary/aromatic N) is 2. The maximum absolute atomic E-state index is 5.28. The lowest BCUT2D eigenvalue weighted by Gasteiger charge is -2.07. The first-order valence-electron chi connectivity index (χ1n) is 4.45. The molecule has 2 aromatic rings. The Morgan fingerprint density at radius 3 is 3.00 bits per heavy atom. The Kier molecular flexibility index (Phi) is 2.46. The Bertz CT molecular complexity index is 464. The molecule has 2 aromatic heterocycles. The molecule has 0 unspecified atom stereocenters. The van der Waals surface area contributed by atoms with Gasteiger partial charge in [-0.05, 0) is 22.4 Å². The van der Waals surface area contributed by atoms with Gasteiger partial charge in [-0.3, -0.25) is 4.40 Å². The average Bonchev–Trinajstić information content (AvgIpc) is 2.58. The molecule has 0 radical (unpaired) electrons. The van der Waals surface area contributed by atoms with Crippen molar-refractivity contribution in [2.24, 2.45) is 0 Å². The number of aromatic nitrogens is 2. The largest absolute Gasteiger partial charge is 0.496 e. The zero-order valence-corrected chi connectivity index (χ0v) is 9.71. The first-order valence-corrected chi connectivity index (χ1v) is 5.25. The molecule has 0 aliphatic carbocycles. The van der Waals surface area contributed by atoms with E-state index in [1.165, 1.54) is 5.56 Å². The van der Waals surface area contributed by atoms with E-state index in [0.29, 0.717) is 0 Å². The Morgan fingerprint density at radius 1 is 1.57 bits per heavy atom. The third kappa shape index (κ3) is 1.39. The monoisotopic (exact) mass is 254 g/mol. The van der Waals surface area contributed by atoms with Crippen LogP contribution in [-0.4, -0.2) is 16.5 Å². The first kappa shape index (κ1) is 9.52. The van der Waals surface area contributed by atoms with Crippen molar-refractivity contribution in [3.8, 4) is 5.75 Å². The van der Waals surface area contributed by atoms with Crippen molar-refractivity contribution >= 4 is 21.6 Å². The summed E-state index contributed by atoms with van der Waals surface area (Å²) < 4.78 is 8.25. The number of aryl methyl sites for hydroxylation is 1. The highest BCUT2D eigenvalue weighted by Crippen LogP contribution is 2.23. The first-order chi connectivity index (χ1) is 6.76. The van der Waals surface area contributed by atoms with Crippen LogP contribution >= 0.6 is 15.9 Å². The molecular formula is C10H11BrN2O. The summed E-state index contributed by atoms with van der Waals surface area (Å²) in [6.45, 7) is 2.11. The summed E-state index contributed by atoms with van der Waals surface area (Å²) in [6, 6.07) is 1.95. The summed E-state index contributed by atoms with van der Waals surface area (Å²) in [4.78, 5) is 4.24. The van der Waals surface area contributed by atoms with Crippen LogP contribution in [0.4, 0.5) is 0 Å². The maximum Gasteiger partial charge on any atom is 0.141 e. The molecule has 0 saturated heterocycles. The standard InChI is InChI=1S/C10H11BrN2O/c1-3-7-6-13-9(11)5-12-10(13)4-8(7)14-2/h4-6H,3H2,1-2H3. The van der Waals surface area contributed by atoms with Crippen LogP contribution < -0.4 is 4.74 Å². The van der Waals surface area contributed by atoms with Crippen LogP contribution in [0.15, 0.2) is 23.1 Å². The number of methoxy groups -OCH3 is 1. The van der Waals surface area contributed by atoms with Crippen molar-refractivity contribution in [1.82, 2.24) is 9.38 Å². The van der Waals surface area contributed by atoms with E-state index < -0.39 is 0 Å². The lowest BCUT2D eigenvalue weighted by atomic mass is 10.2. The van der Waals surface area contributed by atoms with Crippen LogP contribution in [0.25, 0.3) is 5.65 Å². The fourth-order valence-corrected chi connectivity index (χ4v) is 1.86. The van der Waals surface area contributed by atoms with Crippen molar-refractivity contribution < 1.29 is 4.74 Å². The minimum absolute atomic E-state index is 0.894. The van der Waals surface area contributed by atoms with Gasteiger partial charge in [0, 0.05) is 17.8 Å². The lowest BCUT2D eigenvalue weighted by molar-refractivity contribution is 0.410. The zero-order chi connectivity index (χ0) is 10.1. The Hall–Kier alpha value is -1.03. The van der Waals surface area contributed by atoms with E-state index in [0.717, 1.165) is 22.4 Å². The molecular weight excluding hydrogens is 244 g/mol. The molecule has 0 aliphatic rings. The summed E-state index contributed by atoms with van der Waals surface area (Å²) in [5, 5.41) is 0. The highest BCUT2D eigenvalue weighted by atomic mass is 79.9. The number of fused-ring (bicyclic) bond motifs is 1. The Labute approximate surface area is 90.8 Å². The average molecular weight is 255 g/mol. The van der Waals surface area contributed by atoms with Crippen LogP contribution in [0.3, 0.4) is 0 Å². The second kappa shape index (κ2) is 3.61. The van der Waals surface area contributed by atoms with Crippen molar-refractivity contribution in [2.45, 2.75) is 13.3 Å². The van der Waals surface area contributed by atoms with Gasteiger partial charge in [-0.15, -0.1) is 0 Å². The molecule has 4 heteroatoms. The number of rotatable bonds is 2. The SMILES string of the molecule is CCc1cn2c(Br)cnc2cc1OC. The number of imidazole rings is 1. The molecule has 74 valence electrons. The van der Waals surface area contributed by atoms with E-state index >= 15 is 0 Å². The second-order valence-corrected chi connectivity index (χ2v) is 3.84. The number of hydrogen-bond donors (Lipinski definition) is 0. The molecule has 0 bridgehead atoms. The van der Waals surface area contributed by atoms with E-state index in [4.69, 9.17) is 4.74 Å². The highest BCUT2D eigenvalue weighted by molar-refractivity contribution is 9.10. The Balaban J connectivity index is 2.71. The van der Waals surface area contributed by atoms with Gasteiger partial charge in [0.2, 0.25) is 0 Å². The Morgan fingerprint density at radius 2 is 2.36 bits per heavy atom. The second-order valence-electron chi connectivity index (χ2n) is 3.03. The summed E-state index contributed by atoms with van der Waals surface area (Å²) in [5.74, 6) is 0.901. The fraction of sp³-hybridized carbons (Fsp3) is 0.300. The van der Waals surface area contributed by atoms with Gasteiger partial charge in [0.25, 0.3) is 0 Å². The molecule has 2 heterocycles. The van der Waals surface area contributed by atoms with Crippen molar-refractivity contribution in [3.05, 3.63) is 28.6 Å². The summed E-state index contributed by atoms with van der Waals surface area (Å²) >= 11 is 3.44. The molecule has 0 fully saturated rings. The normalized spacial score (nSPS) is 10.8. The van der Waals surface area contributed by atoms with E-state index in [1.54, 1.807) is 13.3 Å². The van der Waals surface area contributed by atoms with Gasteiger partial charge in [0.1, 0.15) is 16.0 Å². The molecule has 0 aromatic carbocycles. The molecule has 0 atom stereocenters. The van der Waals surface area contributed by atoms with E-state index in [2.05, 4.69) is 27.8 Å².